The number of hydrogen-bond donors (Lipinski definition) is 0. The van der Waals surface area contributed by atoms with E-state index in [0.717, 1.165) is 19.3 Å². The standard InChI is InChI=1S/C13H21NO3S/c1-8(2)6-12-14-11-5-4-10(7-16-9(3)15)17-13(11)18-12/h8,10-11,13H,4-7H2,1-3H3/t10-,11-,13-/m1/s1. The second kappa shape index (κ2) is 6.06. The molecule has 0 unspecified atom stereocenters. The molecular formula is C13H21NO3S. The fourth-order valence-corrected chi connectivity index (χ4v) is 3.67. The van der Waals surface area contributed by atoms with Gasteiger partial charge in [0.2, 0.25) is 0 Å². The topological polar surface area (TPSA) is 47.9 Å². The van der Waals surface area contributed by atoms with Crippen LogP contribution in [0.5, 0.6) is 0 Å². The van der Waals surface area contributed by atoms with Crippen molar-refractivity contribution in [1.29, 1.82) is 0 Å². The minimum atomic E-state index is -0.239. The van der Waals surface area contributed by atoms with Gasteiger partial charge in [0.25, 0.3) is 0 Å². The predicted molar refractivity (Wildman–Crippen MR) is 72.8 cm³/mol. The van der Waals surface area contributed by atoms with Crippen LogP contribution in [0.3, 0.4) is 0 Å². The number of hydrogen-bond acceptors (Lipinski definition) is 5. The molecule has 0 aliphatic carbocycles. The molecule has 18 heavy (non-hydrogen) atoms. The lowest BCUT2D eigenvalue weighted by Gasteiger charge is -2.30. The highest BCUT2D eigenvalue weighted by atomic mass is 32.2. The molecule has 1 saturated heterocycles. The van der Waals surface area contributed by atoms with Crippen molar-refractivity contribution >= 4 is 22.8 Å². The molecule has 0 radical (unpaired) electrons. The van der Waals surface area contributed by atoms with Crippen LogP contribution in [-0.4, -0.2) is 35.2 Å². The number of ether oxygens (including phenoxy) is 2. The van der Waals surface area contributed by atoms with Gasteiger partial charge in [-0.25, -0.2) is 0 Å². The van der Waals surface area contributed by atoms with E-state index >= 15 is 0 Å². The first kappa shape index (κ1) is 13.9. The highest BCUT2D eigenvalue weighted by Gasteiger charge is 2.37. The molecule has 2 aliphatic heterocycles. The Hall–Kier alpha value is -0.550. The summed E-state index contributed by atoms with van der Waals surface area (Å²) in [6, 6.07) is 0.303. The molecular weight excluding hydrogens is 250 g/mol. The van der Waals surface area contributed by atoms with Crippen LogP contribution < -0.4 is 0 Å². The molecule has 0 aromatic carbocycles. The fourth-order valence-electron chi connectivity index (χ4n) is 2.21. The van der Waals surface area contributed by atoms with Crippen molar-refractivity contribution in [3.63, 3.8) is 0 Å². The second-order valence-corrected chi connectivity index (χ2v) is 6.48. The van der Waals surface area contributed by atoms with Crippen LogP contribution in [0, 0.1) is 5.92 Å². The summed E-state index contributed by atoms with van der Waals surface area (Å²) >= 11 is 1.75. The normalized spacial score (nSPS) is 31.1. The highest BCUT2D eigenvalue weighted by Crippen LogP contribution is 2.37. The van der Waals surface area contributed by atoms with E-state index in [-0.39, 0.29) is 17.5 Å². The van der Waals surface area contributed by atoms with Crippen LogP contribution in [-0.2, 0) is 14.3 Å². The van der Waals surface area contributed by atoms with E-state index in [1.807, 2.05) is 0 Å². The zero-order valence-corrected chi connectivity index (χ0v) is 12.0. The average molecular weight is 271 g/mol. The first-order valence-electron chi connectivity index (χ1n) is 6.56. The minimum absolute atomic E-state index is 0.0382. The third-order valence-electron chi connectivity index (χ3n) is 3.04. The van der Waals surface area contributed by atoms with Gasteiger partial charge in [-0.05, 0) is 25.2 Å². The van der Waals surface area contributed by atoms with Crippen molar-refractivity contribution in [2.45, 2.75) is 57.6 Å². The number of nitrogens with zero attached hydrogens (tertiary/aromatic N) is 1. The van der Waals surface area contributed by atoms with E-state index < -0.39 is 0 Å². The quantitative estimate of drug-likeness (QED) is 0.737. The van der Waals surface area contributed by atoms with Crippen molar-refractivity contribution in [3.05, 3.63) is 0 Å². The zero-order valence-electron chi connectivity index (χ0n) is 11.2. The van der Waals surface area contributed by atoms with E-state index in [0.29, 0.717) is 18.6 Å². The summed E-state index contributed by atoms with van der Waals surface area (Å²) in [7, 11) is 0. The molecule has 4 nitrogen and oxygen atoms in total. The summed E-state index contributed by atoms with van der Waals surface area (Å²) in [5.41, 5.74) is 0.132. The molecule has 5 heteroatoms. The lowest BCUT2D eigenvalue weighted by Crippen LogP contribution is -2.36. The largest absolute Gasteiger partial charge is 0.463 e. The van der Waals surface area contributed by atoms with Crippen LogP contribution in [0.15, 0.2) is 4.99 Å². The van der Waals surface area contributed by atoms with Crippen LogP contribution >= 0.6 is 11.8 Å². The van der Waals surface area contributed by atoms with Gasteiger partial charge < -0.3 is 9.47 Å². The Bertz CT molecular complexity index is 343. The van der Waals surface area contributed by atoms with Crippen molar-refractivity contribution in [2.75, 3.05) is 6.61 Å². The maximum Gasteiger partial charge on any atom is 0.302 e. The van der Waals surface area contributed by atoms with Crippen molar-refractivity contribution in [3.8, 4) is 0 Å². The number of carbonyl (C=O) groups excluding carboxylic acids is 1. The first-order valence-corrected chi connectivity index (χ1v) is 7.44. The Morgan fingerprint density at radius 1 is 1.56 bits per heavy atom. The van der Waals surface area contributed by atoms with Gasteiger partial charge in [-0.15, -0.1) is 0 Å². The lowest BCUT2D eigenvalue weighted by molar-refractivity contribution is -0.147. The van der Waals surface area contributed by atoms with E-state index in [2.05, 4.69) is 13.8 Å². The molecule has 102 valence electrons. The molecule has 2 heterocycles. The van der Waals surface area contributed by atoms with E-state index in [4.69, 9.17) is 14.5 Å². The Balaban J connectivity index is 1.81. The molecule has 1 fully saturated rings. The number of aliphatic imine (C=N–C) groups is 1. The molecule has 0 aromatic heterocycles. The molecule has 0 bridgehead atoms. The summed E-state index contributed by atoms with van der Waals surface area (Å²) in [5, 5.41) is 1.22. The Labute approximate surface area is 113 Å². The van der Waals surface area contributed by atoms with Gasteiger partial charge in [0, 0.05) is 6.92 Å². The smallest absolute Gasteiger partial charge is 0.302 e. The van der Waals surface area contributed by atoms with Crippen molar-refractivity contribution in [2.24, 2.45) is 10.9 Å². The summed E-state index contributed by atoms with van der Waals surface area (Å²) in [6.45, 7) is 6.21. The molecule has 3 atom stereocenters. The van der Waals surface area contributed by atoms with E-state index in [1.54, 1.807) is 11.8 Å². The van der Waals surface area contributed by atoms with E-state index in [9.17, 15) is 4.79 Å². The minimum Gasteiger partial charge on any atom is -0.463 e. The highest BCUT2D eigenvalue weighted by molar-refractivity contribution is 8.14. The molecule has 2 rings (SSSR count). The number of carbonyl (C=O) groups is 1. The van der Waals surface area contributed by atoms with Crippen LogP contribution in [0.1, 0.15) is 40.0 Å². The Morgan fingerprint density at radius 3 is 3.00 bits per heavy atom. The maximum absolute atomic E-state index is 10.8. The first-order chi connectivity index (χ1) is 8.54. The monoisotopic (exact) mass is 271 g/mol. The van der Waals surface area contributed by atoms with Crippen LogP contribution in [0.4, 0.5) is 0 Å². The third-order valence-corrected chi connectivity index (χ3v) is 4.24. The second-order valence-electron chi connectivity index (χ2n) is 5.31. The molecule has 0 amide bonds. The van der Waals surface area contributed by atoms with Crippen LogP contribution in [0.2, 0.25) is 0 Å². The maximum atomic E-state index is 10.8. The average Bonchev–Trinajstić information content (AvgIpc) is 2.66. The SMILES string of the molecule is CC(=O)OC[C@H]1CC[C@H]2N=C(CC(C)C)S[C@H]2O1. The van der Waals surface area contributed by atoms with E-state index in [1.165, 1.54) is 12.0 Å². The van der Waals surface area contributed by atoms with Gasteiger partial charge in [0.05, 0.1) is 17.2 Å². The number of esters is 1. The van der Waals surface area contributed by atoms with Gasteiger partial charge in [-0.3, -0.25) is 9.79 Å². The van der Waals surface area contributed by atoms with Crippen LogP contribution in [0.25, 0.3) is 0 Å². The Kier molecular flexibility index (Phi) is 4.67. The van der Waals surface area contributed by atoms with Gasteiger partial charge >= 0.3 is 5.97 Å². The summed E-state index contributed by atoms with van der Waals surface area (Å²) < 4.78 is 11.0. The number of rotatable bonds is 4. The molecule has 0 saturated carbocycles. The Morgan fingerprint density at radius 2 is 2.33 bits per heavy atom. The number of thioether (sulfide) groups is 1. The third kappa shape index (κ3) is 3.72. The van der Waals surface area contributed by atoms with Gasteiger partial charge in [-0.2, -0.15) is 0 Å². The number of fused-ring (bicyclic) bond motifs is 1. The summed E-state index contributed by atoms with van der Waals surface area (Å²) in [6.07, 6.45) is 3.03. The molecule has 0 N–H and O–H groups in total. The van der Waals surface area contributed by atoms with Gasteiger partial charge in [-0.1, -0.05) is 25.6 Å². The van der Waals surface area contributed by atoms with Crippen molar-refractivity contribution < 1.29 is 14.3 Å². The molecule has 0 aromatic rings. The van der Waals surface area contributed by atoms with Gasteiger partial charge in [0.1, 0.15) is 12.0 Å². The summed E-state index contributed by atoms with van der Waals surface area (Å²) in [4.78, 5) is 15.5. The van der Waals surface area contributed by atoms with Gasteiger partial charge in [0.15, 0.2) is 0 Å². The lowest BCUT2D eigenvalue weighted by atomic mass is 10.1. The molecule has 0 spiro atoms. The van der Waals surface area contributed by atoms with Crippen molar-refractivity contribution in [1.82, 2.24) is 0 Å². The zero-order chi connectivity index (χ0) is 13.1. The summed E-state index contributed by atoms with van der Waals surface area (Å²) in [5.74, 6) is 0.393. The fraction of sp³-hybridized carbons (Fsp3) is 0.846. The predicted octanol–water partition coefficient (Wildman–Crippen LogP) is 2.61. The molecule has 2 aliphatic rings.